The number of nitrogens with one attached hydrogen (secondary N) is 1. The predicted molar refractivity (Wildman–Crippen MR) is 130 cm³/mol. The molecule has 2 amide bonds. The van der Waals surface area contributed by atoms with E-state index >= 15 is 0 Å². The Morgan fingerprint density at radius 3 is 2.49 bits per heavy atom. The summed E-state index contributed by atoms with van der Waals surface area (Å²) < 4.78 is 9.08. The summed E-state index contributed by atoms with van der Waals surface area (Å²) in [5.41, 5.74) is 2.44. The van der Waals surface area contributed by atoms with Gasteiger partial charge in [0.2, 0.25) is 5.91 Å². The minimum atomic E-state index is -0.841. The molecule has 35 heavy (non-hydrogen) atoms. The molecule has 3 aliphatic rings. The van der Waals surface area contributed by atoms with Crippen molar-refractivity contribution in [2.45, 2.75) is 56.6 Å². The molecule has 1 saturated carbocycles. The smallest absolute Gasteiger partial charge is 0.306 e. The van der Waals surface area contributed by atoms with Gasteiger partial charge in [0.05, 0.1) is 24.5 Å². The molecule has 5 rings (SSSR count). The van der Waals surface area contributed by atoms with E-state index in [2.05, 4.69) is 21.8 Å². The van der Waals surface area contributed by atoms with Crippen LogP contribution in [0.15, 0.2) is 35.7 Å². The molecule has 3 fully saturated rings. The minimum absolute atomic E-state index is 0.0153. The molecule has 0 radical (unpaired) electrons. The first-order chi connectivity index (χ1) is 17.0. The van der Waals surface area contributed by atoms with Crippen LogP contribution in [0.3, 0.4) is 0 Å². The Labute approximate surface area is 208 Å². The first kappa shape index (κ1) is 23.9. The van der Waals surface area contributed by atoms with E-state index in [1.807, 2.05) is 17.0 Å². The number of piperidine rings is 1. The summed E-state index contributed by atoms with van der Waals surface area (Å²) in [6, 6.07) is 9.30. The summed E-state index contributed by atoms with van der Waals surface area (Å²) in [7, 11) is 0. The largest absolute Gasteiger partial charge is 0.465 e. The molecule has 0 bridgehead atoms. The molecule has 2 aromatic rings. The van der Waals surface area contributed by atoms with Crippen LogP contribution in [0.4, 0.5) is 0 Å². The molecular formula is C26H31N3O5S. The third kappa shape index (κ3) is 5.73. The van der Waals surface area contributed by atoms with Crippen molar-refractivity contribution in [1.29, 1.82) is 0 Å². The number of aliphatic hydroxyl groups excluding tert-OH is 1. The lowest BCUT2D eigenvalue weighted by atomic mass is 9.86. The number of carbonyl (C=O) groups is 3. The first-order valence-electron chi connectivity index (χ1n) is 12.4. The molecule has 2 saturated heterocycles. The second-order valence-corrected chi connectivity index (χ2v) is 10.6. The summed E-state index contributed by atoms with van der Waals surface area (Å²) >= 11 is 1.22. The van der Waals surface area contributed by atoms with Crippen molar-refractivity contribution in [2.75, 3.05) is 19.7 Å². The quantitative estimate of drug-likeness (QED) is 0.543. The maximum absolute atomic E-state index is 12.8. The highest BCUT2D eigenvalue weighted by Gasteiger charge is 2.36. The van der Waals surface area contributed by atoms with E-state index < -0.39 is 12.1 Å². The number of nitrogens with zero attached hydrogens (tertiary/aromatic N) is 2. The number of aliphatic hydroxyl groups is 1. The van der Waals surface area contributed by atoms with Crippen molar-refractivity contribution in [3.8, 4) is 0 Å². The molecule has 0 spiro atoms. The Kier molecular flexibility index (Phi) is 7.15. The molecule has 1 aromatic carbocycles. The van der Waals surface area contributed by atoms with Crippen molar-refractivity contribution in [2.24, 2.45) is 11.8 Å². The standard InChI is InChI=1S/C26H31N3O5S/c30-23-14-20(15-34-23)26(33)29-10-7-16(8-11-29)13-22(27-25(32)21-9-12-35-28-21)24(31)19-5-3-18(4-6-19)17-1-2-17/h3-6,9,12,16-17,20,22,24,31H,1-2,7-8,10-11,13-15H2,(H,27,32)/t20-,22+,24-/m1/s1. The van der Waals surface area contributed by atoms with E-state index in [0.717, 1.165) is 18.4 Å². The Morgan fingerprint density at radius 1 is 1.14 bits per heavy atom. The lowest BCUT2D eigenvalue weighted by molar-refractivity contribution is -0.138. The third-order valence-corrected chi connectivity index (χ3v) is 7.98. The van der Waals surface area contributed by atoms with Crippen LogP contribution >= 0.6 is 11.5 Å². The minimum Gasteiger partial charge on any atom is -0.465 e. The highest BCUT2D eigenvalue weighted by atomic mass is 32.1. The zero-order valence-electron chi connectivity index (χ0n) is 19.6. The third-order valence-electron chi connectivity index (χ3n) is 7.42. The molecule has 1 aromatic heterocycles. The van der Waals surface area contributed by atoms with E-state index in [1.54, 1.807) is 11.4 Å². The Balaban J connectivity index is 1.23. The molecular weight excluding hydrogens is 466 g/mol. The number of benzene rings is 1. The average molecular weight is 498 g/mol. The normalized spacial score (nSPS) is 22.5. The Bertz CT molecular complexity index is 1050. The molecule has 3 atom stereocenters. The van der Waals surface area contributed by atoms with Crippen LogP contribution in [0.1, 0.15) is 72.2 Å². The van der Waals surface area contributed by atoms with Crippen LogP contribution in [-0.2, 0) is 14.3 Å². The maximum Gasteiger partial charge on any atom is 0.306 e. The maximum atomic E-state index is 12.8. The lowest BCUT2D eigenvalue weighted by Gasteiger charge is -2.35. The molecule has 2 aliphatic heterocycles. The van der Waals surface area contributed by atoms with Crippen LogP contribution in [0.25, 0.3) is 0 Å². The number of esters is 1. The number of hydrogen-bond acceptors (Lipinski definition) is 7. The average Bonchev–Trinajstić information content (AvgIpc) is 3.39. The fraction of sp³-hybridized carbons (Fsp3) is 0.538. The molecule has 3 heterocycles. The van der Waals surface area contributed by atoms with Gasteiger partial charge in [0.15, 0.2) is 0 Å². The van der Waals surface area contributed by atoms with Gasteiger partial charge in [-0.15, -0.1) is 0 Å². The van der Waals surface area contributed by atoms with E-state index in [-0.39, 0.29) is 42.6 Å². The molecule has 1 aliphatic carbocycles. The second-order valence-electron chi connectivity index (χ2n) is 9.94. The number of amides is 2. The van der Waals surface area contributed by atoms with E-state index in [9.17, 15) is 19.5 Å². The number of rotatable bonds is 8. The van der Waals surface area contributed by atoms with Crippen LogP contribution in [0.5, 0.6) is 0 Å². The van der Waals surface area contributed by atoms with Crippen LogP contribution in [0, 0.1) is 11.8 Å². The van der Waals surface area contributed by atoms with Gasteiger partial charge in [-0.1, -0.05) is 24.3 Å². The zero-order chi connectivity index (χ0) is 24.4. The summed E-state index contributed by atoms with van der Waals surface area (Å²) in [6.07, 6.45) is 3.93. The van der Waals surface area contributed by atoms with Crippen molar-refractivity contribution < 1.29 is 24.2 Å². The zero-order valence-corrected chi connectivity index (χ0v) is 20.4. The van der Waals surface area contributed by atoms with Crippen molar-refractivity contribution >= 4 is 29.3 Å². The number of aromatic nitrogens is 1. The van der Waals surface area contributed by atoms with Crippen LogP contribution in [-0.4, -0.2) is 57.9 Å². The fourth-order valence-electron chi connectivity index (χ4n) is 5.13. The van der Waals surface area contributed by atoms with Gasteiger partial charge in [-0.05, 0) is 72.7 Å². The van der Waals surface area contributed by atoms with Gasteiger partial charge in [0.1, 0.15) is 12.3 Å². The Hall–Kier alpha value is -2.78. The van der Waals surface area contributed by atoms with E-state index in [1.165, 1.54) is 29.9 Å². The van der Waals surface area contributed by atoms with Crippen LogP contribution < -0.4 is 5.32 Å². The van der Waals surface area contributed by atoms with Crippen molar-refractivity contribution in [1.82, 2.24) is 14.6 Å². The van der Waals surface area contributed by atoms with E-state index in [0.29, 0.717) is 31.1 Å². The first-order valence-corrected chi connectivity index (χ1v) is 13.2. The fourth-order valence-corrected chi connectivity index (χ4v) is 5.64. The highest BCUT2D eigenvalue weighted by molar-refractivity contribution is 7.03. The van der Waals surface area contributed by atoms with Crippen molar-refractivity contribution in [3.63, 3.8) is 0 Å². The molecule has 9 heteroatoms. The summed E-state index contributed by atoms with van der Waals surface area (Å²) in [5, 5.41) is 16.0. The number of cyclic esters (lactones) is 1. The van der Waals surface area contributed by atoms with Gasteiger partial charge < -0.3 is 20.1 Å². The number of ether oxygens (including phenoxy) is 1. The summed E-state index contributed by atoms with van der Waals surface area (Å²) in [6.45, 7) is 1.38. The monoisotopic (exact) mass is 497 g/mol. The van der Waals surface area contributed by atoms with Gasteiger partial charge in [0.25, 0.3) is 5.91 Å². The van der Waals surface area contributed by atoms with Gasteiger partial charge in [0, 0.05) is 18.5 Å². The lowest BCUT2D eigenvalue weighted by Crippen LogP contribution is -2.45. The van der Waals surface area contributed by atoms with Crippen molar-refractivity contribution in [3.05, 3.63) is 52.5 Å². The topological polar surface area (TPSA) is 109 Å². The van der Waals surface area contributed by atoms with Gasteiger partial charge >= 0.3 is 5.97 Å². The SMILES string of the molecule is O=C1C[C@@H](C(=O)N2CCC(C[C@H](NC(=O)c3ccsn3)[C@H](O)c3ccc(C4CC4)cc3)CC2)CO1. The van der Waals surface area contributed by atoms with Crippen LogP contribution in [0.2, 0.25) is 0 Å². The Morgan fingerprint density at radius 2 is 1.89 bits per heavy atom. The second kappa shape index (κ2) is 10.5. The molecule has 8 nitrogen and oxygen atoms in total. The van der Waals surface area contributed by atoms with Gasteiger partial charge in [-0.3, -0.25) is 14.4 Å². The predicted octanol–water partition coefficient (Wildman–Crippen LogP) is 3.04. The molecule has 186 valence electrons. The number of carbonyl (C=O) groups excluding carboxylic acids is 3. The van der Waals surface area contributed by atoms with Gasteiger partial charge in [-0.25, -0.2) is 0 Å². The summed E-state index contributed by atoms with van der Waals surface area (Å²) in [4.78, 5) is 38.7. The number of likely N-dealkylation sites (tertiary alicyclic amines) is 1. The molecule has 2 N–H and O–H groups in total. The molecule has 0 unspecified atom stereocenters. The van der Waals surface area contributed by atoms with E-state index in [4.69, 9.17) is 4.74 Å². The van der Waals surface area contributed by atoms with Gasteiger partial charge in [-0.2, -0.15) is 4.37 Å². The summed E-state index contributed by atoms with van der Waals surface area (Å²) in [5.74, 6) is -0.0904. The highest BCUT2D eigenvalue weighted by Crippen LogP contribution is 2.40. The number of hydrogen-bond donors (Lipinski definition) is 2.